The summed E-state index contributed by atoms with van der Waals surface area (Å²) in [6, 6.07) is 8.61. The zero-order valence-electron chi connectivity index (χ0n) is 11.4. The molecule has 21 heavy (non-hydrogen) atoms. The lowest BCUT2D eigenvalue weighted by atomic mass is 9.91. The molecule has 5 nitrogen and oxygen atoms in total. The van der Waals surface area contributed by atoms with Crippen LogP contribution in [0.2, 0.25) is 0 Å². The molecule has 2 fully saturated rings. The van der Waals surface area contributed by atoms with E-state index >= 15 is 0 Å². The maximum Gasteiger partial charge on any atom is 0.243 e. The van der Waals surface area contributed by atoms with E-state index in [4.69, 9.17) is 0 Å². The lowest BCUT2D eigenvalue weighted by molar-refractivity contribution is -0.0764. The molecule has 2 aromatic rings. The first-order chi connectivity index (χ1) is 10.0. The van der Waals surface area contributed by atoms with Gasteiger partial charge in [-0.25, -0.2) is 8.42 Å². The molecular weight excluding hydrogens is 288 g/mol. The molecule has 1 aromatic carbocycles. The highest BCUT2D eigenvalue weighted by Gasteiger charge is 2.55. The number of rotatable bonds is 3. The Morgan fingerprint density at radius 2 is 1.95 bits per heavy atom. The number of nitrogens with zero attached hydrogens (tertiary/aromatic N) is 2. The first-order valence-corrected chi connectivity index (χ1v) is 8.51. The van der Waals surface area contributed by atoms with Gasteiger partial charge < -0.3 is 5.11 Å². The van der Waals surface area contributed by atoms with Gasteiger partial charge in [-0.1, -0.05) is 6.07 Å². The van der Waals surface area contributed by atoms with E-state index in [-0.39, 0.29) is 23.9 Å². The van der Waals surface area contributed by atoms with Gasteiger partial charge in [0.1, 0.15) is 0 Å². The van der Waals surface area contributed by atoms with Crippen LogP contribution in [-0.4, -0.2) is 41.5 Å². The van der Waals surface area contributed by atoms with Crippen LogP contribution in [0.15, 0.2) is 41.4 Å². The number of β-amino-alcohol motifs (C(OH)–C–C–N with tert-alkyl or cyclic N) is 1. The predicted molar refractivity (Wildman–Crippen MR) is 78.2 cm³/mol. The molecule has 1 aliphatic heterocycles. The SMILES string of the molecule is O=S(=O)(c1cccc2ncccc12)N1CC(O)(C2CC2)C1. The second kappa shape index (κ2) is 4.25. The molecule has 0 amide bonds. The summed E-state index contributed by atoms with van der Waals surface area (Å²) in [5, 5.41) is 11.0. The van der Waals surface area contributed by atoms with E-state index < -0.39 is 15.6 Å². The molecule has 0 atom stereocenters. The van der Waals surface area contributed by atoms with Gasteiger partial charge in [0.25, 0.3) is 0 Å². The van der Waals surface area contributed by atoms with Crippen molar-refractivity contribution >= 4 is 20.9 Å². The maximum absolute atomic E-state index is 12.7. The van der Waals surface area contributed by atoms with Gasteiger partial charge in [0.2, 0.25) is 10.0 Å². The van der Waals surface area contributed by atoms with Crippen molar-refractivity contribution in [3.63, 3.8) is 0 Å². The summed E-state index contributed by atoms with van der Waals surface area (Å²) in [5.41, 5.74) is -0.146. The smallest absolute Gasteiger partial charge is 0.243 e. The normalized spacial score (nSPS) is 22.1. The van der Waals surface area contributed by atoms with Gasteiger partial charge in [-0.3, -0.25) is 4.98 Å². The van der Waals surface area contributed by atoms with Crippen LogP contribution in [0.3, 0.4) is 0 Å². The van der Waals surface area contributed by atoms with Crippen LogP contribution in [-0.2, 0) is 10.0 Å². The molecule has 4 rings (SSSR count). The number of fused-ring (bicyclic) bond motifs is 1. The van der Waals surface area contributed by atoms with Crippen LogP contribution in [0.4, 0.5) is 0 Å². The van der Waals surface area contributed by atoms with Crippen molar-refractivity contribution in [2.45, 2.75) is 23.3 Å². The van der Waals surface area contributed by atoms with Crippen molar-refractivity contribution in [1.29, 1.82) is 0 Å². The summed E-state index contributed by atoms with van der Waals surface area (Å²) in [6.07, 6.45) is 3.65. The molecule has 1 saturated carbocycles. The quantitative estimate of drug-likeness (QED) is 0.930. The Morgan fingerprint density at radius 1 is 1.19 bits per heavy atom. The van der Waals surface area contributed by atoms with Gasteiger partial charge in [-0.15, -0.1) is 0 Å². The highest BCUT2D eigenvalue weighted by Crippen LogP contribution is 2.46. The van der Waals surface area contributed by atoms with Crippen LogP contribution in [0.25, 0.3) is 10.9 Å². The number of hydrogen-bond acceptors (Lipinski definition) is 4. The van der Waals surface area contributed by atoms with Gasteiger partial charge in [0, 0.05) is 24.7 Å². The number of aromatic nitrogens is 1. The van der Waals surface area contributed by atoms with Gasteiger partial charge in [-0.2, -0.15) is 4.31 Å². The summed E-state index contributed by atoms with van der Waals surface area (Å²) < 4.78 is 26.9. The highest BCUT2D eigenvalue weighted by molar-refractivity contribution is 7.89. The fraction of sp³-hybridized carbons (Fsp3) is 0.400. The van der Waals surface area contributed by atoms with Gasteiger partial charge in [0.05, 0.1) is 16.0 Å². The monoisotopic (exact) mass is 304 g/mol. The lowest BCUT2D eigenvalue weighted by Crippen LogP contribution is -2.64. The molecular formula is C15H16N2O3S. The molecule has 1 saturated heterocycles. The van der Waals surface area contributed by atoms with Crippen molar-refractivity contribution in [3.05, 3.63) is 36.5 Å². The van der Waals surface area contributed by atoms with E-state index in [1.165, 1.54) is 4.31 Å². The molecule has 6 heteroatoms. The van der Waals surface area contributed by atoms with Crippen molar-refractivity contribution in [3.8, 4) is 0 Å². The number of pyridine rings is 1. The molecule has 0 unspecified atom stereocenters. The fourth-order valence-electron chi connectivity index (χ4n) is 3.05. The molecule has 2 heterocycles. The van der Waals surface area contributed by atoms with E-state index in [9.17, 15) is 13.5 Å². The lowest BCUT2D eigenvalue weighted by Gasteiger charge is -2.45. The maximum atomic E-state index is 12.7. The molecule has 0 radical (unpaired) electrons. The predicted octanol–water partition coefficient (Wildman–Crippen LogP) is 1.38. The first-order valence-electron chi connectivity index (χ1n) is 7.07. The number of sulfonamides is 1. The average Bonchev–Trinajstić information content (AvgIpc) is 3.28. The molecule has 0 spiro atoms. The van der Waals surface area contributed by atoms with Crippen LogP contribution in [0, 0.1) is 5.92 Å². The molecule has 1 N–H and O–H groups in total. The van der Waals surface area contributed by atoms with Crippen LogP contribution >= 0.6 is 0 Å². The first kappa shape index (κ1) is 13.2. The zero-order valence-corrected chi connectivity index (χ0v) is 12.3. The van der Waals surface area contributed by atoms with Gasteiger partial charge >= 0.3 is 0 Å². The Labute approximate surface area is 123 Å². The summed E-state index contributed by atoms with van der Waals surface area (Å²) in [5.74, 6) is 0.276. The number of benzene rings is 1. The average molecular weight is 304 g/mol. The minimum atomic E-state index is -3.57. The van der Waals surface area contributed by atoms with E-state index in [0.29, 0.717) is 10.9 Å². The molecule has 1 aromatic heterocycles. The minimum absolute atomic E-state index is 0.205. The minimum Gasteiger partial charge on any atom is -0.387 e. The van der Waals surface area contributed by atoms with Crippen molar-refractivity contribution in [1.82, 2.24) is 9.29 Å². The summed E-state index contributed by atoms with van der Waals surface area (Å²) in [6.45, 7) is 0.410. The van der Waals surface area contributed by atoms with E-state index in [1.807, 2.05) is 0 Å². The summed E-state index contributed by atoms with van der Waals surface area (Å²) in [7, 11) is -3.57. The third-order valence-electron chi connectivity index (χ3n) is 4.46. The largest absolute Gasteiger partial charge is 0.387 e. The Hall–Kier alpha value is -1.50. The molecule has 0 bridgehead atoms. The standard InChI is InChI=1S/C15H16N2O3S/c18-15(11-6-7-11)9-17(10-15)21(19,20)14-5-1-4-13-12(14)3-2-8-16-13/h1-5,8,11,18H,6-7,9-10H2. The van der Waals surface area contributed by atoms with Crippen LogP contribution < -0.4 is 0 Å². The second-order valence-corrected chi connectivity index (χ2v) is 7.88. The van der Waals surface area contributed by atoms with Crippen molar-refractivity contribution < 1.29 is 13.5 Å². The van der Waals surface area contributed by atoms with Gasteiger partial charge in [-0.05, 0) is 43.0 Å². The topological polar surface area (TPSA) is 70.5 Å². The van der Waals surface area contributed by atoms with Crippen molar-refractivity contribution in [2.24, 2.45) is 5.92 Å². The summed E-state index contributed by atoms with van der Waals surface area (Å²) in [4.78, 5) is 4.46. The Bertz CT molecular complexity index is 803. The van der Waals surface area contributed by atoms with Crippen LogP contribution in [0.5, 0.6) is 0 Å². The third kappa shape index (κ3) is 1.97. The fourth-order valence-corrected chi connectivity index (χ4v) is 4.82. The Balaban J connectivity index is 1.71. The number of hydrogen-bond donors (Lipinski definition) is 1. The molecule has 110 valence electrons. The molecule has 2 aliphatic rings. The van der Waals surface area contributed by atoms with E-state index in [0.717, 1.165) is 12.8 Å². The Kier molecular flexibility index (Phi) is 2.67. The van der Waals surface area contributed by atoms with E-state index in [2.05, 4.69) is 4.98 Å². The van der Waals surface area contributed by atoms with Gasteiger partial charge in [0.15, 0.2) is 0 Å². The van der Waals surface area contributed by atoms with E-state index in [1.54, 1.807) is 36.5 Å². The highest BCUT2D eigenvalue weighted by atomic mass is 32.2. The molecule has 1 aliphatic carbocycles. The second-order valence-electron chi connectivity index (χ2n) is 5.98. The summed E-state index contributed by atoms with van der Waals surface area (Å²) >= 11 is 0. The number of aliphatic hydroxyl groups is 1. The van der Waals surface area contributed by atoms with Crippen LogP contribution in [0.1, 0.15) is 12.8 Å². The Morgan fingerprint density at radius 3 is 2.67 bits per heavy atom. The third-order valence-corrected chi connectivity index (χ3v) is 6.31. The van der Waals surface area contributed by atoms with Crippen molar-refractivity contribution in [2.75, 3.05) is 13.1 Å². The zero-order chi connectivity index (χ0) is 14.7.